The van der Waals surface area contributed by atoms with Gasteiger partial charge in [-0.2, -0.15) is 0 Å². The summed E-state index contributed by atoms with van der Waals surface area (Å²) in [7, 11) is 1.46. The molecule has 0 unspecified atom stereocenters. The number of carbonyl (C=O) groups excluding carboxylic acids is 1. The third-order valence-corrected chi connectivity index (χ3v) is 6.77. The number of halogens is 7. The van der Waals surface area contributed by atoms with Gasteiger partial charge in [0.15, 0.2) is 28.4 Å². The SMILES string of the molecule is COc1ccc(C(=O)NC(=S)Nc2ccc(N3CCN(c4c(F)c(F)c(F)c(F)c4F)CC3)c(Cl)c2)cc1Cl. The molecule has 1 saturated heterocycles. The number of nitrogens with zero attached hydrogens (tertiary/aromatic N) is 2. The number of ether oxygens (including phenoxy) is 1. The van der Waals surface area contributed by atoms with Crippen LogP contribution in [0.15, 0.2) is 36.4 Å². The molecule has 3 aromatic carbocycles. The van der Waals surface area contributed by atoms with Crippen molar-refractivity contribution in [2.45, 2.75) is 0 Å². The molecule has 206 valence electrons. The Morgan fingerprint density at radius 1 is 0.846 bits per heavy atom. The fraction of sp³-hybridized carbons (Fsp3) is 0.200. The third kappa shape index (κ3) is 5.97. The van der Waals surface area contributed by atoms with Gasteiger partial charge in [0.25, 0.3) is 5.91 Å². The maximum absolute atomic E-state index is 14.2. The Balaban J connectivity index is 1.38. The van der Waals surface area contributed by atoms with E-state index in [9.17, 15) is 26.7 Å². The lowest BCUT2D eigenvalue weighted by molar-refractivity contribution is 0.0977. The van der Waals surface area contributed by atoms with Gasteiger partial charge in [0, 0.05) is 37.4 Å². The standard InChI is InChI=1S/C25H19Cl2F5N4O2S/c1-38-17-5-2-12(10-15(17)27)24(37)34-25(39)33-13-3-4-16(14(26)11-13)35-6-8-36(9-7-35)23-21(31)19(29)18(28)20(30)22(23)32/h2-5,10-11H,6-9H2,1H3,(H2,33,34,37,39). The fourth-order valence-electron chi connectivity index (χ4n) is 4.03. The zero-order valence-corrected chi connectivity index (χ0v) is 22.4. The van der Waals surface area contributed by atoms with Gasteiger partial charge >= 0.3 is 0 Å². The van der Waals surface area contributed by atoms with Gasteiger partial charge < -0.3 is 19.9 Å². The molecule has 4 rings (SSSR count). The number of hydrogen-bond donors (Lipinski definition) is 2. The van der Waals surface area contributed by atoms with Crippen LogP contribution in [-0.4, -0.2) is 44.3 Å². The van der Waals surface area contributed by atoms with Crippen molar-refractivity contribution in [2.24, 2.45) is 0 Å². The summed E-state index contributed by atoms with van der Waals surface area (Å²) in [4.78, 5) is 15.4. The number of thiocarbonyl (C=S) groups is 1. The highest BCUT2D eigenvalue weighted by Gasteiger charge is 2.31. The number of anilines is 3. The molecule has 1 amide bonds. The smallest absolute Gasteiger partial charge is 0.257 e. The molecular weight excluding hydrogens is 586 g/mol. The Kier molecular flexibility index (Phi) is 8.67. The van der Waals surface area contributed by atoms with Crippen LogP contribution in [0.2, 0.25) is 10.0 Å². The summed E-state index contributed by atoms with van der Waals surface area (Å²) in [5.74, 6) is -9.98. The molecule has 0 bridgehead atoms. The molecule has 0 aromatic heterocycles. The van der Waals surface area contributed by atoms with E-state index in [1.165, 1.54) is 19.2 Å². The Hall–Kier alpha value is -3.35. The van der Waals surface area contributed by atoms with Crippen LogP contribution in [-0.2, 0) is 0 Å². The molecule has 0 spiro atoms. The van der Waals surface area contributed by atoms with E-state index >= 15 is 0 Å². The zero-order chi connectivity index (χ0) is 28.4. The van der Waals surface area contributed by atoms with Gasteiger partial charge in [-0.15, -0.1) is 0 Å². The summed E-state index contributed by atoms with van der Waals surface area (Å²) in [5.41, 5.74) is 0.372. The van der Waals surface area contributed by atoms with Crippen molar-refractivity contribution in [2.75, 3.05) is 48.4 Å². The predicted octanol–water partition coefficient (Wildman–Crippen LogP) is 6.15. The van der Waals surface area contributed by atoms with Crippen LogP contribution in [0.4, 0.5) is 39.0 Å². The number of methoxy groups -OCH3 is 1. The lowest BCUT2D eigenvalue weighted by atomic mass is 10.2. The maximum Gasteiger partial charge on any atom is 0.257 e. The zero-order valence-electron chi connectivity index (χ0n) is 20.1. The minimum Gasteiger partial charge on any atom is -0.495 e. The molecule has 0 aliphatic carbocycles. The van der Waals surface area contributed by atoms with Crippen LogP contribution < -0.4 is 25.2 Å². The molecule has 14 heteroatoms. The monoisotopic (exact) mass is 604 g/mol. The fourth-order valence-corrected chi connectivity index (χ4v) is 4.80. The second kappa shape index (κ2) is 11.8. The predicted molar refractivity (Wildman–Crippen MR) is 144 cm³/mol. The van der Waals surface area contributed by atoms with E-state index in [1.807, 2.05) is 4.90 Å². The highest BCUT2D eigenvalue weighted by atomic mass is 35.5. The van der Waals surface area contributed by atoms with Crippen molar-refractivity contribution < 1.29 is 31.5 Å². The summed E-state index contributed by atoms with van der Waals surface area (Å²) >= 11 is 17.7. The van der Waals surface area contributed by atoms with Crippen LogP contribution in [0.5, 0.6) is 5.75 Å². The first-order valence-corrected chi connectivity index (χ1v) is 12.4. The Morgan fingerprint density at radius 3 is 2.00 bits per heavy atom. The van der Waals surface area contributed by atoms with E-state index in [4.69, 9.17) is 40.2 Å². The molecule has 0 atom stereocenters. The molecule has 39 heavy (non-hydrogen) atoms. The highest BCUT2D eigenvalue weighted by Crippen LogP contribution is 2.33. The van der Waals surface area contributed by atoms with E-state index in [0.29, 0.717) is 22.1 Å². The van der Waals surface area contributed by atoms with Crippen molar-refractivity contribution in [3.63, 3.8) is 0 Å². The average molecular weight is 605 g/mol. The van der Waals surface area contributed by atoms with E-state index < -0.39 is 40.7 Å². The molecule has 0 saturated carbocycles. The number of rotatable bonds is 5. The molecule has 1 aliphatic rings. The van der Waals surface area contributed by atoms with Gasteiger partial charge in [0.2, 0.25) is 5.82 Å². The van der Waals surface area contributed by atoms with Gasteiger partial charge in [0.05, 0.1) is 22.8 Å². The van der Waals surface area contributed by atoms with E-state index in [0.717, 1.165) is 4.90 Å². The first-order valence-electron chi connectivity index (χ1n) is 11.3. The van der Waals surface area contributed by atoms with Crippen molar-refractivity contribution in [1.82, 2.24) is 5.32 Å². The maximum atomic E-state index is 14.2. The number of piperazine rings is 1. The quantitative estimate of drug-likeness (QED) is 0.158. The Morgan fingerprint density at radius 2 is 1.44 bits per heavy atom. The van der Waals surface area contributed by atoms with Crippen molar-refractivity contribution >= 4 is 63.5 Å². The summed E-state index contributed by atoms with van der Waals surface area (Å²) in [6.07, 6.45) is 0. The molecule has 3 aromatic rings. The normalized spacial score (nSPS) is 13.3. The first kappa shape index (κ1) is 28.7. The number of carbonyl (C=O) groups is 1. The van der Waals surface area contributed by atoms with E-state index in [1.54, 1.807) is 24.3 Å². The second-order valence-electron chi connectivity index (χ2n) is 8.32. The molecule has 2 N–H and O–H groups in total. The second-order valence-corrected chi connectivity index (χ2v) is 9.54. The van der Waals surface area contributed by atoms with Gasteiger partial charge in [-0.05, 0) is 48.6 Å². The minimum absolute atomic E-state index is 0.00665. The Bertz CT molecular complexity index is 1430. The molecule has 1 fully saturated rings. The molecule has 0 radical (unpaired) electrons. The topological polar surface area (TPSA) is 56.8 Å². The van der Waals surface area contributed by atoms with Crippen molar-refractivity contribution in [3.05, 3.63) is 81.1 Å². The van der Waals surface area contributed by atoms with Crippen LogP contribution in [0.25, 0.3) is 0 Å². The summed E-state index contributed by atoms with van der Waals surface area (Å²) in [5, 5.41) is 5.96. The molecule has 1 heterocycles. The van der Waals surface area contributed by atoms with E-state index in [-0.39, 0.29) is 41.9 Å². The average Bonchev–Trinajstić information content (AvgIpc) is 2.91. The minimum atomic E-state index is -2.20. The number of hydrogen-bond acceptors (Lipinski definition) is 5. The van der Waals surface area contributed by atoms with E-state index in [2.05, 4.69) is 10.6 Å². The Labute approximate surface area is 235 Å². The van der Waals surface area contributed by atoms with Crippen LogP contribution in [0.3, 0.4) is 0 Å². The molecule has 1 aliphatic heterocycles. The number of benzene rings is 3. The lowest BCUT2D eigenvalue weighted by Gasteiger charge is -2.38. The van der Waals surface area contributed by atoms with Gasteiger partial charge in [-0.3, -0.25) is 10.1 Å². The first-order chi connectivity index (χ1) is 18.5. The summed E-state index contributed by atoms with van der Waals surface area (Å²) < 4.78 is 74.1. The highest BCUT2D eigenvalue weighted by molar-refractivity contribution is 7.80. The summed E-state index contributed by atoms with van der Waals surface area (Å²) in [6.45, 7) is 0.371. The summed E-state index contributed by atoms with van der Waals surface area (Å²) in [6, 6.07) is 9.41. The van der Waals surface area contributed by atoms with Crippen molar-refractivity contribution in [1.29, 1.82) is 0 Å². The van der Waals surface area contributed by atoms with Crippen LogP contribution in [0, 0.1) is 29.1 Å². The third-order valence-electron chi connectivity index (χ3n) is 5.97. The number of nitrogens with one attached hydrogen (secondary N) is 2. The van der Waals surface area contributed by atoms with Gasteiger partial charge in [-0.1, -0.05) is 23.2 Å². The van der Waals surface area contributed by atoms with Gasteiger partial charge in [0.1, 0.15) is 11.4 Å². The van der Waals surface area contributed by atoms with Crippen LogP contribution in [0.1, 0.15) is 10.4 Å². The van der Waals surface area contributed by atoms with Crippen molar-refractivity contribution in [3.8, 4) is 5.75 Å². The molecule has 6 nitrogen and oxygen atoms in total. The largest absolute Gasteiger partial charge is 0.495 e. The van der Waals surface area contributed by atoms with Crippen LogP contribution >= 0.6 is 35.4 Å². The van der Waals surface area contributed by atoms with Gasteiger partial charge in [-0.25, -0.2) is 22.0 Å². The molecular formula is C25H19Cl2F5N4O2S. The number of amides is 1. The lowest BCUT2D eigenvalue weighted by Crippen LogP contribution is -2.47.